The molecule has 3 heteroatoms. The highest BCUT2D eigenvalue weighted by Crippen LogP contribution is 2.27. The number of nitrogens with two attached hydrogens (primary N) is 1. The van der Waals surface area contributed by atoms with Crippen molar-refractivity contribution >= 4 is 11.4 Å². The zero-order valence-corrected chi connectivity index (χ0v) is 7.66. The Morgan fingerprint density at radius 2 is 1.85 bits per heavy atom. The van der Waals surface area contributed by atoms with E-state index in [9.17, 15) is 0 Å². The van der Waals surface area contributed by atoms with Gasteiger partial charge in [-0.2, -0.15) is 0 Å². The summed E-state index contributed by atoms with van der Waals surface area (Å²) in [6, 6.07) is 8.16. The number of hydrogen-bond donors (Lipinski definition) is 2. The van der Waals surface area contributed by atoms with Gasteiger partial charge in [0.1, 0.15) is 0 Å². The van der Waals surface area contributed by atoms with Crippen molar-refractivity contribution in [3.8, 4) is 0 Å². The van der Waals surface area contributed by atoms with E-state index in [0.29, 0.717) is 0 Å². The summed E-state index contributed by atoms with van der Waals surface area (Å²) in [5, 5.41) is 0. The van der Waals surface area contributed by atoms with Gasteiger partial charge in [-0.05, 0) is 25.0 Å². The summed E-state index contributed by atoms with van der Waals surface area (Å²) in [6.45, 7) is 2.30. The SMILES string of the molecule is NNc1ccccc1N1CCCC1. The van der Waals surface area contributed by atoms with E-state index in [0.717, 1.165) is 18.8 Å². The molecule has 1 heterocycles. The molecule has 0 saturated carbocycles. The van der Waals surface area contributed by atoms with Crippen LogP contribution in [0.15, 0.2) is 24.3 Å². The first-order valence-electron chi connectivity index (χ1n) is 4.72. The molecule has 3 N–H and O–H groups in total. The van der Waals surface area contributed by atoms with Gasteiger partial charge in [0.2, 0.25) is 0 Å². The highest BCUT2D eigenvalue weighted by molar-refractivity contribution is 5.69. The summed E-state index contributed by atoms with van der Waals surface area (Å²) in [7, 11) is 0. The fourth-order valence-corrected chi connectivity index (χ4v) is 1.83. The molecule has 0 aromatic heterocycles. The fraction of sp³-hybridized carbons (Fsp3) is 0.400. The Balaban J connectivity index is 2.26. The van der Waals surface area contributed by atoms with Crippen LogP contribution in [-0.2, 0) is 0 Å². The number of para-hydroxylation sites is 2. The second-order valence-corrected chi connectivity index (χ2v) is 3.36. The van der Waals surface area contributed by atoms with Gasteiger partial charge in [0.25, 0.3) is 0 Å². The van der Waals surface area contributed by atoms with E-state index in [1.165, 1.54) is 18.5 Å². The van der Waals surface area contributed by atoms with Gasteiger partial charge >= 0.3 is 0 Å². The lowest BCUT2D eigenvalue weighted by Crippen LogP contribution is -2.20. The molecule has 2 rings (SSSR count). The van der Waals surface area contributed by atoms with E-state index < -0.39 is 0 Å². The summed E-state index contributed by atoms with van der Waals surface area (Å²) in [4.78, 5) is 2.37. The molecule has 13 heavy (non-hydrogen) atoms. The quantitative estimate of drug-likeness (QED) is 0.532. The second kappa shape index (κ2) is 3.66. The minimum atomic E-state index is 1.02. The molecule has 0 atom stereocenters. The number of nitrogens with zero attached hydrogens (tertiary/aromatic N) is 1. The van der Waals surface area contributed by atoms with Gasteiger partial charge < -0.3 is 10.3 Å². The molecule has 1 saturated heterocycles. The Kier molecular flexibility index (Phi) is 2.36. The molecule has 1 aromatic carbocycles. The van der Waals surface area contributed by atoms with Crippen LogP contribution in [0.25, 0.3) is 0 Å². The van der Waals surface area contributed by atoms with Crippen LogP contribution in [0.2, 0.25) is 0 Å². The molecule has 3 nitrogen and oxygen atoms in total. The summed E-state index contributed by atoms with van der Waals surface area (Å²) in [5.74, 6) is 5.44. The first-order valence-corrected chi connectivity index (χ1v) is 4.72. The van der Waals surface area contributed by atoms with Crippen molar-refractivity contribution in [3.05, 3.63) is 24.3 Å². The van der Waals surface area contributed by atoms with Gasteiger partial charge in [-0.1, -0.05) is 12.1 Å². The largest absolute Gasteiger partial charge is 0.370 e. The van der Waals surface area contributed by atoms with Crippen LogP contribution in [0.5, 0.6) is 0 Å². The smallest absolute Gasteiger partial charge is 0.0720 e. The van der Waals surface area contributed by atoms with Crippen LogP contribution in [0.4, 0.5) is 11.4 Å². The molecule has 0 aliphatic carbocycles. The maximum absolute atomic E-state index is 5.44. The molecule has 0 radical (unpaired) electrons. The predicted molar refractivity (Wildman–Crippen MR) is 55.7 cm³/mol. The second-order valence-electron chi connectivity index (χ2n) is 3.36. The molecule has 1 aliphatic rings. The highest BCUT2D eigenvalue weighted by Gasteiger charge is 2.14. The number of anilines is 2. The number of nitrogens with one attached hydrogen (secondary N) is 1. The van der Waals surface area contributed by atoms with Crippen LogP contribution < -0.4 is 16.2 Å². The summed E-state index contributed by atoms with van der Waals surface area (Å²) in [5.41, 5.74) is 4.97. The van der Waals surface area contributed by atoms with Crippen molar-refractivity contribution in [2.45, 2.75) is 12.8 Å². The van der Waals surface area contributed by atoms with E-state index in [1.54, 1.807) is 0 Å². The van der Waals surface area contributed by atoms with Gasteiger partial charge in [-0.25, -0.2) is 0 Å². The van der Waals surface area contributed by atoms with Crippen molar-refractivity contribution in [3.63, 3.8) is 0 Å². The Labute approximate surface area is 78.5 Å². The molecule has 70 valence electrons. The topological polar surface area (TPSA) is 41.3 Å². The Morgan fingerprint density at radius 1 is 1.15 bits per heavy atom. The maximum Gasteiger partial charge on any atom is 0.0720 e. The number of rotatable bonds is 2. The first kappa shape index (κ1) is 8.38. The van der Waals surface area contributed by atoms with E-state index in [1.807, 2.05) is 12.1 Å². The zero-order valence-electron chi connectivity index (χ0n) is 7.66. The Bertz CT molecular complexity index is 279. The van der Waals surface area contributed by atoms with Crippen molar-refractivity contribution in [1.82, 2.24) is 0 Å². The Hall–Kier alpha value is -1.22. The van der Waals surface area contributed by atoms with Crippen molar-refractivity contribution < 1.29 is 0 Å². The standard InChI is InChI=1S/C10H15N3/c11-12-9-5-1-2-6-10(9)13-7-3-4-8-13/h1-2,5-6,12H,3-4,7-8,11H2. The van der Waals surface area contributed by atoms with E-state index in [4.69, 9.17) is 5.84 Å². The first-order chi connectivity index (χ1) is 6.42. The molecular formula is C10H15N3. The predicted octanol–water partition coefficient (Wildman–Crippen LogP) is 1.57. The minimum absolute atomic E-state index is 1.02. The summed E-state index contributed by atoms with van der Waals surface area (Å²) in [6.07, 6.45) is 2.58. The van der Waals surface area contributed by atoms with Crippen LogP contribution in [-0.4, -0.2) is 13.1 Å². The molecule has 1 aromatic rings. The van der Waals surface area contributed by atoms with Crippen molar-refractivity contribution in [2.75, 3.05) is 23.4 Å². The van der Waals surface area contributed by atoms with Gasteiger partial charge in [0.05, 0.1) is 11.4 Å². The third-order valence-electron chi connectivity index (χ3n) is 2.51. The van der Waals surface area contributed by atoms with Gasteiger partial charge in [0.15, 0.2) is 0 Å². The van der Waals surface area contributed by atoms with E-state index in [-0.39, 0.29) is 0 Å². The lowest BCUT2D eigenvalue weighted by molar-refractivity contribution is 0.949. The summed E-state index contributed by atoms with van der Waals surface area (Å²) < 4.78 is 0. The van der Waals surface area contributed by atoms with Crippen molar-refractivity contribution in [1.29, 1.82) is 0 Å². The molecule has 0 unspecified atom stereocenters. The lowest BCUT2D eigenvalue weighted by Gasteiger charge is -2.20. The zero-order chi connectivity index (χ0) is 9.10. The number of nitrogen functional groups attached to an aromatic ring is 1. The molecular weight excluding hydrogens is 162 g/mol. The van der Waals surface area contributed by atoms with Gasteiger partial charge in [-0.3, -0.25) is 5.84 Å². The van der Waals surface area contributed by atoms with Gasteiger partial charge in [0, 0.05) is 13.1 Å². The van der Waals surface area contributed by atoms with E-state index >= 15 is 0 Å². The maximum atomic E-state index is 5.44. The fourth-order valence-electron chi connectivity index (χ4n) is 1.83. The molecule has 0 spiro atoms. The third-order valence-corrected chi connectivity index (χ3v) is 2.51. The average Bonchev–Trinajstić information content (AvgIpc) is 2.70. The summed E-state index contributed by atoms with van der Waals surface area (Å²) >= 11 is 0. The minimum Gasteiger partial charge on any atom is -0.370 e. The van der Waals surface area contributed by atoms with E-state index in [2.05, 4.69) is 22.5 Å². The highest BCUT2D eigenvalue weighted by atomic mass is 15.2. The van der Waals surface area contributed by atoms with Crippen LogP contribution in [0.1, 0.15) is 12.8 Å². The molecule has 0 amide bonds. The van der Waals surface area contributed by atoms with Crippen LogP contribution in [0, 0.1) is 0 Å². The Morgan fingerprint density at radius 3 is 2.54 bits per heavy atom. The third kappa shape index (κ3) is 1.60. The number of hydrazine groups is 1. The molecule has 1 aliphatic heterocycles. The van der Waals surface area contributed by atoms with Crippen LogP contribution in [0.3, 0.4) is 0 Å². The number of benzene rings is 1. The van der Waals surface area contributed by atoms with Crippen LogP contribution >= 0.6 is 0 Å². The normalized spacial score (nSPS) is 16.2. The molecule has 0 bridgehead atoms. The monoisotopic (exact) mass is 177 g/mol. The number of hydrogen-bond acceptors (Lipinski definition) is 3. The average molecular weight is 177 g/mol. The van der Waals surface area contributed by atoms with Crippen molar-refractivity contribution in [2.24, 2.45) is 5.84 Å². The molecule has 1 fully saturated rings. The lowest BCUT2D eigenvalue weighted by atomic mass is 10.2. The van der Waals surface area contributed by atoms with Gasteiger partial charge in [-0.15, -0.1) is 0 Å².